The van der Waals surface area contributed by atoms with Crippen LogP contribution in [0.1, 0.15) is 30.8 Å². The van der Waals surface area contributed by atoms with Crippen molar-refractivity contribution in [1.82, 2.24) is 9.78 Å². The van der Waals surface area contributed by atoms with Crippen LogP contribution in [-0.4, -0.2) is 9.78 Å². The fourth-order valence-corrected chi connectivity index (χ4v) is 2.10. The number of rotatable bonds is 5. The number of hydrogen-bond acceptors (Lipinski definition) is 3. The molecule has 0 saturated carbocycles. The molecule has 0 amide bonds. The van der Waals surface area contributed by atoms with Gasteiger partial charge in [-0.25, -0.2) is 0 Å². The highest BCUT2D eigenvalue weighted by Crippen LogP contribution is 2.23. The van der Waals surface area contributed by atoms with Crippen molar-refractivity contribution in [3.63, 3.8) is 0 Å². The van der Waals surface area contributed by atoms with Gasteiger partial charge >= 0.3 is 0 Å². The Balaban J connectivity index is 2.18. The molecular formula is C15H16ClN3O. The van der Waals surface area contributed by atoms with E-state index < -0.39 is 0 Å². The van der Waals surface area contributed by atoms with Gasteiger partial charge in [-0.3, -0.25) is 4.68 Å². The Morgan fingerprint density at radius 2 is 2.15 bits per heavy atom. The van der Waals surface area contributed by atoms with Gasteiger partial charge in [0.05, 0.1) is 17.0 Å². The number of aromatic nitrogens is 2. The first kappa shape index (κ1) is 14.4. The maximum Gasteiger partial charge on any atom is 0.139 e. The third kappa shape index (κ3) is 3.12. The van der Waals surface area contributed by atoms with Crippen LogP contribution in [0.5, 0.6) is 5.75 Å². The standard InChI is InChI=1S/C15H16ClN3O/c1-3-13-8-14(19(4-2)18-13)10-20-15-7-12(16)6-5-11(15)9-17/h5-8H,3-4,10H2,1-2H3. The van der Waals surface area contributed by atoms with Crippen molar-refractivity contribution in [3.8, 4) is 11.8 Å². The number of nitrogens with zero attached hydrogens (tertiary/aromatic N) is 3. The van der Waals surface area contributed by atoms with E-state index in [9.17, 15) is 0 Å². The van der Waals surface area contributed by atoms with E-state index in [-0.39, 0.29) is 0 Å². The van der Waals surface area contributed by atoms with Crippen LogP contribution in [0.15, 0.2) is 24.3 Å². The normalized spacial score (nSPS) is 10.3. The minimum absolute atomic E-state index is 0.371. The van der Waals surface area contributed by atoms with Gasteiger partial charge in [-0.05, 0) is 31.5 Å². The summed E-state index contributed by atoms with van der Waals surface area (Å²) in [4.78, 5) is 0. The highest BCUT2D eigenvalue weighted by atomic mass is 35.5. The van der Waals surface area contributed by atoms with Crippen LogP contribution >= 0.6 is 11.6 Å². The fraction of sp³-hybridized carbons (Fsp3) is 0.333. The molecule has 0 aliphatic heterocycles. The lowest BCUT2D eigenvalue weighted by Gasteiger charge is -2.09. The molecule has 0 N–H and O–H groups in total. The molecule has 0 spiro atoms. The van der Waals surface area contributed by atoms with Crippen LogP contribution in [0.3, 0.4) is 0 Å². The molecule has 5 heteroatoms. The predicted molar refractivity (Wildman–Crippen MR) is 77.8 cm³/mol. The molecule has 0 saturated heterocycles. The van der Waals surface area contributed by atoms with E-state index in [0.29, 0.717) is 22.9 Å². The smallest absolute Gasteiger partial charge is 0.139 e. The minimum Gasteiger partial charge on any atom is -0.486 e. The predicted octanol–water partition coefficient (Wildman–Crippen LogP) is 3.57. The average molecular weight is 290 g/mol. The van der Waals surface area contributed by atoms with E-state index in [2.05, 4.69) is 18.1 Å². The van der Waals surface area contributed by atoms with Gasteiger partial charge in [0.15, 0.2) is 0 Å². The third-order valence-corrected chi connectivity index (χ3v) is 3.25. The maximum absolute atomic E-state index is 9.06. The van der Waals surface area contributed by atoms with Gasteiger partial charge in [0, 0.05) is 17.6 Å². The van der Waals surface area contributed by atoms with Gasteiger partial charge in [0.2, 0.25) is 0 Å². The Kier molecular flexibility index (Phi) is 4.65. The van der Waals surface area contributed by atoms with Crippen molar-refractivity contribution >= 4 is 11.6 Å². The summed E-state index contributed by atoms with van der Waals surface area (Å²) >= 11 is 5.93. The zero-order valence-electron chi connectivity index (χ0n) is 11.6. The molecule has 20 heavy (non-hydrogen) atoms. The summed E-state index contributed by atoms with van der Waals surface area (Å²) in [5.41, 5.74) is 2.51. The molecule has 104 valence electrons. The number of halogens is 1. The highest BCUT2D eigenvalue weighted by Gasteiger charge is 2.09. The van der Waals surface area contributed by atoms with Gasteiger partial charge in [0.1, 0.15) is 18.4 Å². The molecule has 2 rings (SSSR count). The van der Waals surface area contributed by atoms with Gasteiger partial charge in [-0.1, -0.05) is 18.5 Å². The third-order valence-electron chi connectivity index (χ3n) is 3.02. The minimum atomic E-state index is 0.371. The van der Waals surface area contributed by atoms with Crippen molar-refractivity contribution in [2.45, 2.75) is 33.4 Å². The lowest BCUT2D eigenvalue weighted by molar-refractivity contribution is 0.291. The summed E-state index contributed by atoms with van der Waals surface area (Å²) in [6.07, 6.45) is 0.889. The van der Waals surface area contributed by atoms with Gasteiger partial charge in [0.25, 0.3) is 0 Å². The molecule has 0 fully saturated rings. The van der Waals surface area contributed by atoms with E-state index in [1.165, 1.54) is 0 Å². The molecule has 2 aromatic rings. The largest absolute Gasteiger partial charge is 0.486 e. The van der Waals surface area contributed by atoms with E-state index in [1.807, 2.05) is 17.7 Å². The van der Waals surface area contributed by atoms with Crippen LogP contribution in [0, 0.1) is 11.3 Å². The summed E-state index contributed by atoms with van der Waals surface area (Å²) in [7, 11) is 0. The first-order chi connectivity index (χ1) is 9.67. The average Bonchev–Trinajstić information content (AvgIpc) is 2.87. The molecule has 0 aliphatic rings. The van der Waals surface area contributed by atoms with Crippen LogP contribution in [0.2, 0.25) is 5.02 Å². The number of aryl methyl sites for hydroxylation is 2. The molecule has 1 heterocycles. The SMILES string of the molecule is CCc1cc(COc2cc(Cl)ccc2C#N)n(CC)n1. The lowest BCUT2D eigenvalue weighted by atomic mass is 10.2. The Morgan fingerprint density at radius 1 is 1.35 bits per heavy atom. The Bertz CT molecular complexity index is 643. The molecule has 0 atom stereocenters. The first-order valence-corrected chi connectivity index (χ1v) is 6.93. The second kappa shape index (κ2) is 6.44. The number of benzene rings is 1. The Labute approximate surface area is 123 Å². The molecule has 1 aromatic heterocycles. The molecule has 1 aromatic carbocycles. The van der Waals surface area contributed by atoms with E-state index in [1.54, 1.807) is 18.2 Å². The molecular weight excluding hydrogens is 274 g/mol. The van der Waals surface area contributed by atoms with Crippen molar-refractivity contribution in [2.24, 2.45) is 0 Å². The maximum atomic E-state index is 9.06. The zero-order chi connectivity index (χ0) is 14.5. The van der Waals surface area contributed by atoms with Crippen molar-refractivity contribution in [2.75, 3.05) is 0 Å². The summed E-state index contributed by atoms with van der Waals surface area (Å²) in [5.74, 6) is 0.502. The number of hydrogen-bond donors (Lipinski definition) is 0. The monoisotopic (exact) mass is 289 g/mol. The van der Waals surface area contributed by atoms with Gasteiger partial charge in [-0.15, -0.1) is 0 Å². The van der Waals surface area contributed by atoms with Gasteiger partial charge in [-0.2, -0.15) is 10.4 Å². The zero-order valence-corrected chi connectivity index (χ0v) is 12.3. The highest BCUT2D eigenvalue weighted by molar-refractivity contribution is 6.30. The molecule has 0 bridgehead atoms. The molecule has 0 radical (unpaired) electrons. The summed E-state index contributed by atoms with van der Waals surface area (Å²) < 4.78 is 7.64. The van der Waals surface area contributed by atoms with Crippen molar-refractivity contribution in [1.29, 1.82) is 5.26 Å². The summed E-state index contributed by atoms with van der Waals surface area (Å²) in [5, 5.41) is 14.1. The summed E-state index contributed by atoms with van der Waals surface area (Å²) in [6.45, 7) is 5.27. The van der Waals surface area contributed by atoms with Crippen molar-refractivity contribution < 1.29 is 4.74 Å². The lowest BCUT2D eigenvalue weighted by Crippen LogP contribution is -2.06. The molecule has 4 nitrogen and oxygen atoms in total. The second-order valence-corrected chi connectivity index (χ2v) is 4.77. The van der Waals surface area contributed by atoms with Crippen LogP contribution in [0.4, 0.5) is 0 Å². The van der Waals surface area contributed by atoms with E-state index in [4.69, 9.17) is 21.6 Å². The molecule has 0 unspecified atom stereocenters. The summed E-state index contributed by atoms with van der Waals surface area (Å²) in [6, 6.07) is 9.12. The quantitative estimate of drug-likeness (QED) is 0.845. The van der Waals surface area contributed by atoms with Crippen LogP contribution < -0.4 is 4.74 Å². The number of nitriles is 1. The molecule has 0 aliphatic carbocycles. The Hall–Kier alpha value is -1.99. The Morgan fingerprint density at radius 3 is 2.80 bits per heavy atom. The van der Waals surface area contributed by atoms with E-state index in [0.717, 1.165) is 24.4 Å². The topological polar surface area (TPSA) is 50.8 Å². The second-order valence-electron chi connectivity index (χ2n) is 4.34. The number of ether oxygens (including phenoxy) is 1. The van der Waals surface area contributed by atoms with Gasteiger partial charge < -0.3 is 4.74 Å². The first-order valence-electron chi connectivity index (χ1n) is 6.56. The van der Waals surface area contributed by atoms with Crippen LogP contribution in [0.25, 0.3) is 0 Å². The fourth-order valence-electron chi connectivity index (χ4n) is 1.94. The van der Waals surface area contributed by atoms with E-state index >= 15 is 0 Å². The van der Waals surface area contributed by atoms with Crippen molar-refractivity contribution in [3.05, 3.63) is 46.2 Å². The van der Waals surface area contributed by atoms with Crippen LogP contribution in [-0.2, 0) is 19.6 Å².